The maximum atomic E-state index is 13.1. The van der Waals surface area contributed by atoms with E-state index in [2.05, 4.69) is 4.72 Å². The van der Waals surface area contributed by atoms with Crippen molar-refractivity contribution in [3.8, 4) is 6.07 Å². The monoisotopic (exact) mass is 304 g/mol. The molecule has 0 aromatic heterocycles. The molecule has 0 saturated heterocycles. The molecule has 0 unspecified atom stereocenters. The molecule has 6 heteroatoms. The minimum atomic E-state index is -3.88. The number of sulfonamides is 1. The third-order valence-electron chi connectivity index (χ3n) is 3.06. The third-order valence-corrected chi connectivity index (χ3v) is 4.58. The van der Waals surface area contributed by atoms with Gasteiger partial charge >= 0.3 is 0 Å². The molecule has 0 aliphatic heterocycles. The number of benzene rings is 2. The Labute approximate surface area is 122 Å². The second kappa shape index (κ2) is 5.54. The predicted molar refractivity (Wildman–Crippen MR) is 77.8 cm³/mol. The lowest BCUT2D eigenvalue weighted by Gasteiger charge is -2.12. The summed E-state index contributed by atoms with van der Waals surface area (Å²) in [6.45, 7) is 3.23. The Balaban J connectivity index is 2.48. The SMILES string of the molecule is Cc1cc(F)ccc1S(=O)(=O)Nc1cccc(C)c1C#N. The lowest BCUT2D eigenvalue weighted by molar-refractivity contribution is 0.598. The topological polar surface area (TPSA) is 70.0 Å². The fourth-order valence-electron chi connectivity index (χ4n) is 2.02. The van der Waals surface area contributed by atoms with Crippen molar-refractivity contribution in [1.29, 1.82) is 5.26 Å². The first-order valence-corrected chi connectivity index (χ1v) is 7.62. The quantitative estimate of drug-likeness (QED) is 0.947. The first kappa shape index (κ1) is 15.0. The molecule has 108 valence electrons. The van der Waals surface area contributed by atoms with Gasteiger partial charge in [0, 0.05) is 0 Å². The molecular formula is C15H13FN2O2S. The van der Waals surface area contributed by atoms with E-state index in [0.717, 1.165) is 12.1 Å². The number of halogens is 1. The van der Waals surface area contributed by atoms with Gasteiger partial charge in [-0.25, -0.2) is 12.8 Å². The molecular weight excluding hydrogens is 291 g/mol. The third kappa shape index (κ3) is 3.03. The van der Waals surface area contributed by atoms with Gasteiger partial charge in [0.25, 0.3) is 10.0 Å². The number of aryl methyl sites for hydroxylation is 2. The molecule has 0 bridgehead atoms. The van der Waals surface area contributed by atoms with Gasteiger partial charge in [-0.3, -0.25) is 4.72 Å². The summed E-state index contributed by atoms with van der Waals surface area (Å²) in [5.74, 6) is -0.500. The van der Waals surface area contributed by atoms with E-state index in [0.29, 0.717) is 11.1 Å². The van der Waals surface area contributed by atoms with Gasteiger partial charge in [-0.15, -0.1) is 0 Å². The molecule has 2 aromatic carbocycles. The molecule has 21 heavy (non-hydrogen) atoms. The van der Waals surface area contributed by atoms with Crippen molar-refractivity contribution in [2.45, 2.75) is 18.7 Å². The highest BCUT2D eigenvalue weighted by Crippen LogP contribution is 2.24. The van der Waals surface area contributed by atoms with Crippen LogP contribution in [-0.2, 0) is 10.0 Å². The van der Waals surface area contributed by atoms with Crippen molar-refractivity contribution in [2.24, 2.45) is 0 Å². The summed E-state index contributed by atoms with van der Waals surface area (Å²) in [6.07, 6.45) is 0. The number of hydrogen-bond acceptors (Lipinski definition) is 3. The molecule has 0 aliphatic rings. The van der Waals surface area contributed by atoms with Crippen LogP contribution in [0.15, 0.2) is 41.3 Å². The van der Waals surface area contributed by atoms with Gasteiger partial charge in [-0.05, 0) is 49.2 Å². The fourth-order valence-corrected chi connectivity index (χ4v) is 3.31. The van der Waals surface area contributed by atoms with Crippen LogP contribution < -0.4 is 4.72 Å². The van der Waals surface area contributed by atoms with Crippen LogP contribution in [0.1, 0.15) is 16.7 Å². The molecule has 0 heterocycles. The van der Waals surface area contributed by atoms with Crippen molar-refractivity contribution in [3.05, 3.63) is 58.9 Å². The average molecular weight is 304 g/mol. The van der Waals surface area contributed by atoms with Crippen molar-refractivity contribution in [3.63, 3.8) is 0 Å². The van der Waals surface area contributed by atoms with Crippen molar-refractivity contribution in [2.75, 3.05) is 4.72 Å². The van der Waals surface area contributed by atoms with Gasteiger partial charge in [0.15, 0.2) is 0 Å². The minimum absolute atomic E-state index is 0.0192. The standard InChI is InChI=1S/C15H13FN2O2S/c1-10-4-3-5-14(13(10)9-17)18-21(19,20)15-7-6-12(16)8-11(15)2/h3-8,18H,1-2H3. The highest BCUT2D eigenvalue weighted by atomic mass is 32.2. The van der Waals surface area contributed by atoms with E-state index in [4.69, 9.17) is 5.26 Å². The average Bonchev–Trinajstić information content (AvgIpc) is 2.38. The molecule has 2 aromatic rings. The van der Waals surface area contributed by atoms with Crippen LogP contribution >= 0.6 is 0 Å². The molecule has 0 radical (unpaired) electrons. The number of nitrogens with one attached hydrogen (secondary N) is 1. The highest BCUT2D eigenvalue weighted by Gasteiger charge is 2.19. The van der Waals surface area contributed by atoms with Crippen molar-refractivity contribution < 1.29 is 12.8 Å². The maximum Gasteiger partial charge on any atom is 0.262 e. The highest BCUT2D eigenvalue weighted by molar-refractivity contribution is 7.92. The Morgan fingerprint density at radius 2 is 1.86 bits per heavy atom. The first-order valence-electron chi connectivity index (χ1n) is 6.14. The van der Waals surface area contributed by atoms with Crippen LogP contribution in [0.2, 0.25) is 0 Å². The van der Waals surface area contributed by atoms with E-state index < -0.39 is 15.8 Å². The van der Waals surface area contributed by atoms with Gasteiger partial charge in [-0.1, -0.05) is 12.1 Å². The Hall–Kier alpha value is -2.39. The second-order valence-corrected chi connectivity index (χ2v) is 6.28. The smallest absolute Gasteiger partial charge is 0.262 e. The maximum absolute atomic E-state index is 13.1. The van der Waals surface area contributed by atoms with Crippen molar-refractivity contribution in [1.82, 2.24) is 0 Å². The van der Waals surface area contributed by atoms with Crippen molar-refractivity contribution >= 4 is 15.7 Å². The molecule has 0 saturated carbocycles. The van der Waals surface area contributed by atoms with Crippen LogP contribution in [0.3, 0.4) is 0 Å². The number of rotatable bonds is 3. The van der Waals surface area contributed by atoms with E-state index >= 15 is 0 Å². The summed E-state index contributed by atoms with van der Waals surface area (Å²) in [5, 5.41) is 9.12. The fraction of sp³-hybridized carbons (Fsp3) is 0.133. The molecule has 0 spiro atoms. The van der Waals surface area contributed by atoms with E-state index in [9.17, 15) is 12.8 Å². The van der Waals surface area contributed by atoms with Gasteiger partial charge in [0.05, 0.1) is 16.1 Å². The zero-order valence-electron chi connectivity index (χ0n) is 11.5. The van der Waals surface area contributed by atoms with Gasteiger partial charge < -0.3 is 0 Å². The van der Waals surface area contributed by atoms with E-state index in [1.807, 2.05) is 6.07 Å². The summed E-state index contributed by atoms with van der Waals surface area (Å²) in [7, 11) is -3.88. The van der Waals surface area contributed by atoms with Gasteiger partial charge in [0.2, 0.25) is 0 Å². The summed E-state index contributed by atoms with van der Waals surface area (Å²) < 4.78 is 40.2. The number of hydrogen-bond donors (Lipinski definition) is 1. The van der Waals surface area contributed by atoms with Crippen LogP contribution in [0.5, 0.6) is 0 Å². The van der Waals surface area contributed by atoms with Gasteiger partial charge in [0.1, 0.15) is 11.9 Å². The molecule has 4 nitrogen and oxygen atoms in total. The first-order chi connectivity index (χ1) is 9.85. The van der Waals surface area contributed by atoms with Crippen LogP contribution in [-0.4, -0.2) is 8.42 Å². The Morgan fingerprint density at radius 3 is 2.48 bits per heavy atom. The van der Waals surface area contributed by atoms with Gasteiger partial charge in [-0.2, -0.15) is 5.26 Å². The lowest BCUT2D eigenvalue weighted by Crippen LogP contribution is -2.15. The van der Waals surface area contributed by atoms with Crippen LogP contribution in [0.4, 0.5) is 10.1 Å². The number of nitriles is 1. The Kier molecular flexibility index (Phi) is 3.96. The lowest BCUT2D eigenvalue weighted by atomic mass is 10.1. The zero-order chi connectivity index (χ0) is 15.6. The molecule has 0 fully saturated rings. The normalized spacial score (nSPS) is 11.0. The predicted octanol–water partition coefficient (Wildman–Crippen LogP) is 3.12. The van der Waals surface area contributed by atoms with E-state index in [-0.39, 0.29) is 16.1 Å². The van der Waals surface area contributed by atoms with Crippen LogP contribution in [0, 0.1) is 31.0 Å². The van der Waals surface area contributed by atoms with E-state index in [1.165, 1.54) is 19.1 Å². The summed E-state index contributed by atoms with van der Waals surface area (Å²) in [6, 6.07) is 10.3. The molecule has 2 rings (SSSR count). The molecule has 0 aliphatic carbocycles. The van der Waals surface area contributed by atoms with E-state index in [1.54, 1.807) is 19.1 Å². The molecule has 0 atom stereocenters. The summed E-state index contributed by atoms with van der Waals surface area (Å²) >= 11 is 0. The minimum Gasteiger partial charge on any atom is -0.278 e. The Bertz CT molecular complexity index is 839. The van der Waals surface area contributed by atoms with Crippen LogP contribution in [0.25, 0.3) is 0 Å². The zero-order valence-corrected chi connectivity index (χ0v) is 12.3. The summed E-state index contributed by atoms with van der Waals surface area (Å²) in [5.41, 5.74) is 1.45. The molecule has 0 amide bonds. The number of nitrogens with zero attached hydrogens (tertiary/aromatic N) is 1. The Morgan fingerprint density at radius 1 is 1.14 bits per heavy atom. The summed E-state index contributed by atoms with van der Waals surface area (Å²) in [4.78, 5) is -0.0192. The number of anilines is 1. The largest absolute Gasteiger partial charge is 0.278 e. The molecule has 1 N–H and O–H groups in total. The second-order valence-electron chi connectivity index (χ2n) is 4.62.